The topological polar surface area (TPSA) is 50.4 Å². The van der Waals surface area contributed by atoms with Crippen LogP contribution in [0.25, 0.3) is 33.3 Å². The minimum atomic E-state index is -0.335. The van der Waals surface area contributed by atoms with E-state index in [1.165, 1.54) is 35.1 Å². The number of likely N-dealkylation sites (tertiary alicyclic amines) is 1. The molecule has 2 fully saturated rings. The fourth-order valence-electron chi connectivity index (χ4n) is 5.29. The van der Waals surface area contributed by atoms with Gasteiger partial charge < -0.3 is 14.3 Å². The number of hydrogen-bond donors (Lipinski definition) is 1. The highest BCUT2D eigenvalue weighted by Gasteiger charge is 2.51. The molecule has 36 heavy (non-hydrogen) atoms. The largest absolute Gasteiger partial charge is 0.494 e. The Balaban J connectivity index is 1.20. The lowest BCUT2D eigenvalue weighted by Gasteiger charge is -2.32. The monoisotopic (exact) mass is 479 g/mol. The highest BCUT2D eigenvalue weighted by atomic mass is 16.7. The van der Waals surface area contributed by atoms with E-state index in [-0.39, 0.29) is 18.3 Å². The van der Waals surface area contributed by atoms with Gasteiger partial charge >= 0.3 is 7.12 Å². The molecule has 3 heterocycles. The fraction of sp³-hybridized carbons (Fsp3) is 0.367. The van der Waals surface area contributed by atoms with Crippen LogP contribution < -0.4 is 5.46 Å². The predicted octanol–water partition coefficient (Wildman–Crippen LogP) is 5.96. The van der Waals surface area contributed by atoms with Crippen LogP contribution in [0.1, 0.15) is 52.4 Å². The summed E-state index contributed by atoms with van der Waals surface area (Å²) in [5.41, 5.74) is 7.27. The molecule has 0 saturated carbocycles. The number of H-pyrrole nitrogens is 1. The van der Waals surface area contributed by atoms with E-state index in [9.17, 15) is 0 Å². The molecule has 1 aromatic heterocycles. The molecule has 0 amide bonds. The Kier molecular flexibility index (Phi) is 5.60. The van der Waals surface area contributed by atoms with Gasteiger partial charge in [-0.2, -0.15) is 0 Å². The summed E-state index contributed by atoms with van der Waals surface area (Å²) in [6, 6.07) is 24.2. The smallest absolute Gasteiger partial charge is 0.399 e. The number of fused-ring (bicyclic) bond motifs is 1. The van der Waals surface area contributed by atoms with Crippen molar-refractivity contribution in [1.29, 1.82) is 0 Å². The molecule has 2 aliphatic heterocycles. The van der Waals surface area contributed by atoms with Gasteiger partial charge in [0.25, 0.3) is 0 Å². The second kappa shape index (κ2) is 8.58. The number of hydrogen-bond acceptors (Lipinski definition) is 4. The van der Waals surface area contributed by atoms with Gasteiger partial charge in [0.05, 0.1) is 28.3 Å². The molecule has 6 heteroatoms. The Morgan fingerprint density at radius 3 is 1.97 bits per heavy atom. The summed E-state index contributed by atoms with van der Waals surface area (Å²) < 4.78 is 12.4. The van der Waals surface area contributed by atoms with Gasteiger partial charge in [-0.05, 0) is 94.0 Å². The molecule has 184 valence electrons. The Labute approximate surface area is 214 Å². The van der Waals surface area contributed by atoms with Gasteiger partial charge in [0.1, 0.15) is 5.82 Å². The van der Waals surface area contributed by atoms with Crippen molar-refractivity contribution in [2.45, 2.75) is 57.8 Å². The van der Waals surface area contributed by atoms with E-state index in [1.807, 2.05) is 0 Å². The number of nitrogens with zero attached hydrogens (tertiary/aromatic N) is 2. The van der Waals surface area contributed by atoms with Gasteiger partial charge in [-0.3, -0.25) is 4.90 Å². The number of aromatic nitrogens is 2. The normalized spacial score (nSPS) is 21.5. The van der Waals surface area contributed by atoms with Crippen molar-refractivity contribution in [2.75, 3.05) is 13.6 Å². The van der Waals surface area contributed by atoms with Crippen LogP contribution in [0.3, 0.4) is 0 Å². The van der Waals surface area contributed by atoms with Gasteiger partial charge in [0, 0.05) is 0 Å². The van der Waals surface area contributed by atoms with Gasteiger partial charge in [0.15, 0.2) is 0 Å². The van der Waals surface area contributed by atoms with Crippen LogP contribution in [0.5, 0.6) is 0 Å². The zero-order chi connectivity index (χ0) is 25.1. The minimum Gasteiger partial charge on any atom is -0.399 e. The number of imidazole rings is 1. The molecule has 1 N–H and O–H groups in total. The van der Waals surface area contributed by atoms with Crippen molar-refractivity contribution >= 4 is 23.6 Å². The first-order valence-corrected chi connectivity index (χ1v) is 13.0. The van der Waals surface area contributed by atoms with Crippen LogP contribution in [0.4, 0.5) is 0 Å². The first-order chi connectivity index (χ1) is 17.2. The molecular weight excluding hydrogens is 445 g/mol. The number of benzene rings is 3. The summed E-state index contributed by atoms with van der Waals surface area (Å²) in [7, 11) is 1.85. The summed E-state index contributed by atoms with van der Waals surface area (Å²) in [5.74, 6) is 1.08. The molecule has 2 aliphatic rings. The third-order valence-corrected chi connectivity index (χ3v) is 8.32. The summed E-state index contributed by atoms with van der Waals surface area (Å²) in [4.78, 5) is 10.8. The molecule has 6 rings (SSSR count). The maximum Gasteiger partial charge on any atom is 0.494 e. The van der Waals surface area contributed by atoms with Crippen molar-refractivity contribution in [2.24, 2.45) is 0 Å². The maximum absolute atomic E-state index is 6.19. The molecule has 0 spiro atoms. The number of rotatable bonds is 4. The Bertz CT molecular complexity index is 1380. The van der Waals surface area contributed by atoms with Crippen LogP contribution in [0.15, 0.2) is 66.7 Å². The van der Waals surface area contributed by atoms with Crippen LogP contribution in [-0.2, 0) is 9.31 Å². The molecule has 4 aromatic rings. The van der Waals surface area contributed by atoms with Crippen molar-refractivity contribution in [3.63, 3.8) is 0 Å². The van der Waals surface area contributed by atoms with Gasteiger partial charge in [-0.25, -0.2) is 4.98 Å². The van der Waals surface area contributed by atoms with Crippen molar-refractivity contribution in [1.82, 2.24) is 14.9 Å². The Morgan fingerprint density at radius 2 is 1.39 bits per heavy atom. The maximum atomic E-state index is 6.19. The van der Waals surface area contributed by atoms with Crippen LogP contribution in [0.2, 0.25) is 0 Å². The van der Waals surface area contributed by atoms with Gasteiger partial charge in [-0.15, -0.1) is 0 Å². The zero-order valence-corrected chi connectivity index (χ0v) is 21.8. The van der Waals surface area contributed by atoms with Crippen molar-refractivity contribution < 1.29 is 9.31 Å². The second-order valence-corrected chi connectivity index (χ2v) is 11.3. The van der Waals surface area contributed by atoms with E-state index in [1.54, 1.807) is 0 Å². The summed E-state index contributed by atoms with van der Waals surface area (Å²) in [6.07, 6.45) is 2.40. The molecule has 1 unspecified atom stereocenters. The standard InChI is InChI=1S/C30H34BN3O2/c1-29(2)30(3,4)36-31(35-29)24-15-12-21(13-16-24)20-8-10-22(11-9-20)23-14-17-25-26(19-23)33-28(32-25)27-7-6-18-34(27)5/h8-17,19,27H,6-7,18H2,1-5H3,(H,32,33). The lowest BCUT2D eigenvalue weighted by molar-refractivity contribution is 0.00578. The van der Waals surface area contributed by atoms with Gasteiger partial charge in [0.2, 0.25) is 0 Å². The molecule has 0 bridgehead atoms. The molecule has 0 aliphatic carbocycles. The summed E-state index contributed by atoms with van der Waals surface area (Å²) >= 11 is 0. The summed E-state index contributed by atoms with van der Waals surface area (Å²) in [6.45, 7) is 9.47. The molecule has 2 saturated heterocycles. The SMILES string of the molecule is CN1CCCC1c1nc2ccc(-c3ccc(-c4ccc(B5OC(C)(C)C(C)(C)O5)cc4)cc3)cc2[nH]1. The van der Waals surface area contributed by atoms with E-state index < -0.39 is 0 Å². The van der Waals surface area contributed by atoms with E-state index in [0.29, 0.717) is 6.04 Å². The molecule has 3 aromatic carbocycles. The zero-order valence-electron chi connectivity index (χ0n) is 21.8. The third kappa shape index (κ3) is 4.07. The average Bonchev–Trinajstić information content (AvgIpc) is 3.53. The quantitative estimate of drug-likeness (QED) is 0.367. The van der Waals surface area contributed by atoms with Crippen LogP contribution in [0, 0.1) is 0 Å². The molecule has 0 radical (unpaired) electrons. The van der Waals surface area contributed by atoms with E-state index in [4.69, 9.17) is 14.3 Å². The van der Waals surface area contributed by atoms with Gasteiger partial charge in [-0.1, -0.05) is 54.6 Å². The van der Waals surface area contributed by atoms with Crippen LogP contribution >= 0.6 is 0 Å². The highest BCUT2D eigenvalue weighted by molar-refractivity contribution is 6.62. The fourth-order valence-corrected chi connectivity index (χ4v) is 5.29. The molecule has 1 atom stereocenters. The minimum absolute atomic E-state index is 0.334. The predicted molar refractivity (Wildman–Crippen MR) is 147 cm³/mol. The number of aromatic amines is 1. The highest BCUT2D eigenvalue weighted by Crippen LogP contribution is 2.37. The summed E-state index contributed by atoms with van der Waals surface area (Å²) in [5, 5.41) is 0. The first-order valence-electron chi connectivity index (χ1n) is 13.0. The van der Waals surface area contributed by atoms with Crippen LogP contribution in [-0.4, -0.2) is 46.8 Å². The van der Waals surface area contributed by atoms with E-state index in [0.717, 1.165) is 28.9 Å². The second-order valence-electron chi connectivity index (χ2n) is 11.3. The van der Waals surface area contributed by atoms with E-state index in [2.05, 4.69) is 111 Å². The first kappa shape index (κ1) is 23.5. The van der Waals surface area contributed by atoms with E-state index >= 15 is 0 Å². The molecular formula is C30H34BN3O2. The lowest BCUT2D eigenvalue weighted by Crippen LogP contribution is -2.41. The third-order valence-electron chi connectivity index (χ3n) is 8.32. The Morgan fingerprint density at radius 1 is 0.833 bits per heavy atom. The lowest BCUT2D eigenvalue weighted by atomic mass is 9.78. The average molecular weight is 479 g/mol. The van der Waals surface area contributed by atoms with Crippen molar-refractivity contribution in [3.8, 4) is 22.3 Å². The van der Waals surface area contributed by atoms with Crippen molar-refractivity contribution in [3.05, 3.63) is 72.6 Å². The Hall–Kier alpha value is -2.93. The number of nitrogens with one attached hydrogen (secondary N) is 1. The molecule has 5 nitrogen and oxygen atoms in total.